The molecule has 0 spiro atoms. The van der Waals surface area contributed by atoms with E-state index in [1.165, 1.54) is 17.6 Å². The molecule has 2 N–H and O–H groups in total. The molecule has 3 aromatic rings. The molecule has 4 rings (SSSR count). The Hall–Kier alpha value is -4.71. The van der Waals surface area contributed by atoms with E-state index < -0.39 is 23.8 Å². The molecule has 1 aromatic heterocycles. The molecule has 1 aliphatic carbocycles. The van der Waals surface area contributed by atoms with E-state index in [0.717, 1.165) is 36.1 Å². The number of hydrogen-bond acceptors (Lipinski definition) is 10. The maximum atomic E-state index is 12.7. The maximum absolute atomic E-state index is 12.7. The van der Waals surface area contributed by atoms with Crippen molar-refractivity contribution < 1.29 is 38.1 Å². The van der Waals surface area contributed by atoms with E-state index in [1.54, 1.807) is 56.3 Å². The topological polar surface area (TPSA) is 142 Å². The summed E-state index contributed by atoms with van der Waals surface area (Å²) in [5, 5.41) is 6.71. The van der Waals surface area contributed by atoms with Crippen molar-refractivity contribution in [2.75, 3.05) is 25.1 Å². The van der Waals surface area contributed by atoms with Gasteiger partial charge in [-0.1, -0.05) is 0 Å². The van der Waals surface area contributed by atoms with Crippen LogP contribution in [0.3, 0.4) is 0 Å². The highest BCUT2D eigenvalue weighted by Crippen LogP contribution is 2.38. The summed E-state index contributed by atoms with van der Waals surface area (Å²) in [6.45, 7) is 6.39. The fourth-order valence-electron chi connectivity index (χ4n) is 4.42. The SMILES string of the molecule is CCOC(=O)c1c(NC(=O)C(=O)NN=Cc2ccc(OC(=O)c3ccc(OCC)cc3)c(OCC)c2)sc2c1CCCC2. The normalized spacial score (nSPS) is 12.3. The van der Waals surface area contributed by atoms with Crippen LogP contribution in [0.25, 0.3) is 0 Å². The fraction of sp³-hybridized carbons (Fsp3) is 0.323. The number of hydrazone groups is 1. The molecule has 0 bridgehead atoms. The summed E-state index contributed by atoms with van der Waals surface area (Å²) in [7, 11) is 0. The molecule has 2 aromatic carbocycles. The molecule has 0 saturated heterocycles. The predicted molar refractivity (Wildman–Crippen MR) is 161 cm³/mol. The van der Waals surface area contributed by atoms with Crippen LogP contribution in [0.1, 0.15) is 70.3 Å². The lowest BCUT2D eigenvalue weighted by molar-refractivity contribution is -0.136. The van der Waals surface area contributed by atoms with Gasteiger partial charge in [-0.2, -0.15) is 5.10 Å². The number of rotatable bonds is 11. The van der Waals surface area contributed by atoms with Crippen LogP contribution in [-0.4, -0.2) is 49.8 Å². The predicted octanol–water partition coefficient (Wildman–Crippen LogP) is 4.91. The van der Waals surface area contributed by atoms with Crippen LogP contribution in [0.4, 0.5) is 5.00 Å². The number of anilines is 1. The van der Waals surface area contributed by atoms with E-state index in [4.69, 9.17) is 18.9 Å². The molecule has 0 saturated carbocycles. The fourth-order valence-corrected chi connectivity index (χ4v) is 5.69. The Kier molecular flexibility index (Phi) is 10.9. The second-order valence-electron chi connectivity index (χ2n) is 9.27. The van der Waals surface area contributed by atoms with E-state index in [1.807, 2.05) is 6.92 Å². The van der Waals surface area contributed by atoms with Crippen LogP contribution < -0.4 is 25.0 Å². The summed E-state index contributed by atoms with van der Waals surface area (Å²) in [6.07, 6.45) is 4.78. The zero-order chi connectivity index (χ0) is 30.8. The minimum Gasteiger partial charge on any atom is -0.494 e. The quantitative estimate of drug-likeness (QED) is 0.103. The number of carbonyl (C=O) groups is 4. The number of benzene rings is 2. The number of fused-ring (bicyclic) bond motifs is 1. The minimum absolute atomic E-state index is 0.198. The van der Waals surface area contributed by atoms with Gasteiger partial charge in [0.1, 0.15) is 10.8 Å². The molecule has 0 aliphatic heterocycles. The number of amides is 2. The smallest absolute Gasteiger partial charge is 0.343 e. The van der Waals surface area contributed by atoms with Crippen molar-refractivity contribution in [3.05, 3.63) is 69.6 Å². The number of carbonyl (C=O) groups excluding carboxylic acids is 4. The van der Waals surface area contributed by atoms with Gasteiger partial charge >= 0.3 is 23.8 Å². The van der Waals surface area contributed by atoms with Gasteiger partial charge in [0.05, 0.1) is 37.2 Å². The van der Waals surface area contributed by atoms with Crippen LogP contribution in [-0.2, 0) is 27.2 Å². The molecular weight excluding hydrogens is 574 g/mol. The van der Waals surface area contributed by atoms with Gasteiger partial charge in [0, 0.05) is 4.88 Å². The molecule has 226 valence electrons. The Bertz CT molecular complexity index is 1510. The molecule has 0 radical (unpaired) electrons. The summed E-state index contributed by atoms with van der Waals surface area (Å²) < 4.78 is 21.8. The first-order valence-electron chi connectivity index (χ1n) is 14.0. The van der Waals surface area contributed by atoms with Gasteiger partial charge in [-0.3, -0.25) is 9.59 Å². The third-order valence-corrected chi connectivity index (χ3v) is 7.54. The van der Waals surface area contributed by atoms with Gasteiger partial charge < -0.3 is 24.3 Å². The van der Waals surface area contributed by atoms with Crippen molar-refractivity contribution in [2.24, 2.45) is 5.10 Å². The summed E-state index contributed by atoms with van der Waals surface area (Å²) in [4.78, 5) is 51.4. The highest BCUT2D eigenvalue weighted by molar-refractivity contribution is 7.17. The Balaban J connectivity index is 1.39. The average molecular weight is 608 g/mol. The number of ether oxygens (including phenoxy) is 4. The minimum atomic E-state index is -1.01. The first kappa shape index (κ1) is 31.2. The zero-order valence-corrected chi connectivity index (χ0v) is 25.0. The Labute approximate surface area is 253 Å². The Morgan fingerprint density at radius 3 is 2.33 bits per heavy atom. The first-order valence-corrected chi connectivity index (χ1v) is 14.8. The van der Waals surface area contributed by atoms with Crippen LogP contribution >= 0.6 is 11.3 Å². The molecule has 1 aliphatic rings. The lowest BCUT2D eigenvalue weighted by Gasteiger charge is -2.12. The molecule has 11 nitrogen and oxygen atoms in total. The summed E-state index contributed by atoms with van der Waals surface area (Å²) in [6, 6.07) is 11.3. The van der Waals surface area contributed by atoms with Crippen LogP contribution in [0.15, 0.2) is 47.6 Å². The van der Waals surface area contributed by atoms with Crippen LogP contribution in [0.5, 0.6) is 17.2 Å². The lowest BCUT2D eigenvalue weighted by atomic mass is 9.95. The Morgan fingerprint density at radius 2 is 1.60 bits per heavy atom. The molecular formula is C31H33N3O8S. The second-order valence-corrected chi connectivity index (χ2v) is 10.4. The van der Waals surface area contributed by atoms with E-state index >= 15 is 0 Å². The average Bonchev–Trinajstić information content (AvgIpc) is 3.37. The number of nitrogens with zero attached hydrogens (tertiary/aromatic N) is 1. The van der Waals surface area contributed by atoms with E-state index in [2.05, 4.69) is 15.8 Å². The van der Waals surface area contributed by atoms with Crippen molar-refractivity contribution in [3.8, 4) is 17.2 Å². The molecule has 1 heterocycles. The van der Waals surface area contributed by atoms with Crippen molar-refractivity contribution >= 4 is 46.3 Å². The van der Waals surface area contributed by atoms with Gasteiger partial charge in [-0.05, 0) is 100 Å². The van der Waals surface area contributed by atoms with Gasteiger partial charge in [0.25, 0.3) is 0 Å². The highest BCUT2D eigenvalue weighted by Gasteiger charge is 2.28. The number of thiophene rings is 1. The van der Waals surface area contributed by atoms with E-state index in [0.29, 0.717) is 46.4 Å². The zero-order valence-electron chi connectivity index (χ0n) is 24.2. The largest absolute Gasteiger partial charge is 0.494 e. The standard InChI is InChI=1S/C31H33N3O8S/c1-4-39-21-14-12-20(13-15-21)30(37)42-23-16-11-19(17-24(23)40-5-2)18-32-34-28(36)27(35)33-29-26(31(38)41-6-3)22-9-7-8-10-25(22)43-29/h11-18H,4-10H2,1-3H3,(H,33,35)(H,34,36). The summed E-state index contributed by atoms with van der Waals surface area (Å²) >= 11 is 1.29. The Morgan fingerprint density at radius 1 is 0.860 bits per heavy atom. The summed E-state index contributed by atoms with van der Waals surface area (Å²) in [5.74, 6) is -1.92. The van der Waals surface area contributed by atoms with Crippen molar-refractivity contribution in [1.82, 2.24) is 5.43 Å². The molecule has 0 fully saturated rings. The molecule has 0 atom stereocenters. The highest BCUT2D eigenvalue weighted by atomic mass is 32.1. The van der Waals surface area contributed by atoms with E-state index in [-0.39, 0.29) is 12.4 Å². The maximum Gasteiger partial charge on any atom is 0.343 e. The van der Waals surface area contributed by atoms with Gasteiger partial charge in [-0.15, -0.1) is 11.3 Å². The van der Waals surface area contributed by atoms with Crippen molar-refractivity contribution in [1.29, 1.82) is 0 Å². The molecule has 12 heteroatoms. The third kappa shape index (κ3) is 7.98. The van der Waals surface area contributed by atoms with E-state index in [9.17, 15) is 19.2 Å². The molecule has 2 amide bonds. The summed E-state index contributed by atoms with van der Waals surface area (Å²) in [5.41, 5.74) is 4.24. The monoisotopic (exact) mass is 607 g/mol. The number of hydrogen-bond donors (Lipinski definition) is 2. The number of nitrogens with one attached hydrogen (secondary N) is 2. The van der Waals surface area contributed by atoms with Gasteiger partial charge in [0.15, 0.2) is 11.5 Å². The van der Waals surface area contributed by atoms with Crippen LogP contribution in [0, 0.1) is 0 Å². The second kappa shape index (κ2) is 15.0. The van der Waals surface area contributed by atoms with Gasteiger partial charge in [0.2, 0.25) is 0 Å². The molecule has 0 unspecified atom stereocenters. The molecule has 43 heavy (non-hydrogen) atoms. The number of aryl methyl sites for hydroxylation is 1. The lowest BCUT2D eigenvalue weighted by Crippen LogP contribution is -2.32. The first-order chi connectivity index (χ1) is 20.8. The van der Waals surface area contributed by atoms with Crippen LogP contribution in [0.2, 0.25) is 0 Å². The van der Waals surface area contributed by atoms with Crippen molar-refractivity contribution in [2.45, 2.75) is 46.5 Å². The third-order valence-electron chi connectivity index (χ3n) is 6.34. The number of esters is 2. The van der Waals surface area contributed by atoms with Crippen molar-refractivity contribution in [3.63, 3.8) is 0 Å². The van der Waals surface area contributed by atoms with Gasteiger partial charge in [-0.25, -0.2) is 15.0 Å².